The summed E-state index contributed by atoms with van der Waals surface area (Å²) in [6.45, 7) is 18.6. The number of nitrogens with zero attached hydrogens (tertiary/aromatic N) is 2. The average Bonchev–Trinajstić information content (AvgIpc) is 2.35. The average molecular weight is 282 g/mol. The van der Waals surface area contributed by atoms with Gasteiger partial charge < -0.3 is 16.0 Å². The minimum absolute atomic E-state index is 0.485. The zero-order valence-corrected chi connectivity index (χ0v) is 13.7. The van der Waals surface area contributed by atoms with Gasteiger partial charge in [0.25, 0.3) is 0 Å². The number of hydrogen-bond donors (Lipinski definition) is 2. The highest BCUT2D eigenvalue weighted by Crippen LogP contribution is 2.21. The summed E-state index contributed by atoms with van der Waals surface area (Å²) in [6.07, 6.45) is 4.03. The number of nitrogens with one attached hydrogen (secondary N) is 1. The van der Waals surface area contributed by atoms with Crippen LogP contribution in [-0.2, 0) is 0 Å². The molecule has 0 unspecified atom stereocenters. The van der Waals surface area contributed by atoms with Crippen LogP contribution in [0.4, 0.5) is 0 Å². The number of unbranched alkanes of at least 4 members (excludes halogenated alkanes) is 1. The number of rotatable bonds is 8. The zero-order valence-electron chi connectivity index (χ0n) is 13.7. The monoisotopic (exact) mass is 282 g/mol. The lowest BCUT2D eigenvalue weighted by atomic mass is 9.90. The Morgan fingerprint density at radius 3 is 2.10 bits per heavy atom. The third-order valence-corrected chi connectivity index (χ3v) is 3.90. The van der Waals surface area contributed by atoms with Gasteiger partial charge in [0.05, 0.1) is 5.82 Å². The van der Waals surface area contributed by atoms with E-state index in [0.717, 1.165) is 13.1 Å². The van der Waals surface area contributed by atoms with Gasteiger partial charge in [0.2, 0.25) is 0 Å². The topological polar surface area (TPSA) is 44.5 Å². The van der Waals surface area contributed by atoms with E-state index in [1.165, 1.54) is 52.0 Å². The Morgan fingerprint density at radius 2 is 1.60 bits per heavy atom. The van der Waals surface area contributed by atoms with E-state index in [1.54, 1.807) is 0 Å². The first-order valence-corrected chi connectivity index (χ1v) is 8.00. The SMILES string of the molecule is C=C(N)NCCN1CCN(CCCCC(C)(C)C)CC1. The molecular weight excluding hydrogens is 248 g/mol. The summed E-state index contributed by atoms with van der Waals surface area (Å²) >= 11 is 0. The smallest absolute Gasteiger partial charge is 0.0886 e. The van der Waals surface area contributed by atoms with E-state index in [9.17, 15) is 0 Å². The largest absolute Gasteiger partial charge is 0.386 e. The molecule has 0 amide bonds. The Bertz CT molecular complexity index is 275. The lowest BCUT2D eigenvalue weighted by Crippen LogP contribution is -2.48. The lowest BCUT2D eigenvalue weighted by Gasteiger charge is -2.34. The molecule has 4 nitrogen and oxygen atoms in total. The summed E-state index contributed by atoms with van der Waals surface area (Å²) in [4.78, 5) is 5.11. The minimum Gasteiger partial charge on any atom is -0.386 e. The highest BCUT2D eigenvalue weighted by molar-refractivity contribution is 4.83. The van der Waals surface area contributed by atoms with Crippen molar-refractivity contribution in [1.82, 2.24) is 15.1 Å². The second-order valence-electron chi connectivity index (χ2n) is 7.15. The molecule has 0 radical (unpaired) electrons. The van der Waals surface area contributed by atoms with Gasteiger partial charge in [-0.1, -0.05) is 33.8 Å². The highest BCUT2D eigenvalue weighted by Gasteiger charge is 2.16. The molecule has 0 bridgehead atoms. The van der Waals surface area contributed by atoms with E-state index in [0.29, 0.717) is 11.2 Å². The molecule has 3 N–H and O–H groups in total. The predicted octanol–water partition coefficient (Wildman–Crippen LogP) is 1.84. The molecule has 1 fully saturated rings. The van der Waals surface area contributed by atoms with Crippen molar-refractivity contribution in [3.63, 3.8) is 0 Å². The van der Waals surface area contributed by atoms with Gasteiger partial charge in [0.15, 0.2) is 0 Å². The molecule has 118 valence electrons. The van der Waals surface area contributed by atoms with Gasteiger partial charge in [-0.05, 0) is 24.8 Å². The zero-order chi connectivity index (χ0) is 15.0. The molecule has 1 heterocycles. The molecule has 0 saturated carbocycles. The Hall–Kier alpha value is -0.740. The summed E-state index contributed by atoms with van der Waals surface area (Å²) in [7, 11) is 0. The maximum atomic E-state index is 5.50. The number of nitrogens with two attached hydrogens (primary N) is 1. The second kappa shape index (κ2) is 8.53. The van der Waals surface area contributed by atoms with Gasteiger partial charge in [-0.3, -0.25) is 4.90 Å². The fraction of sp³-hybridized carbons (Fsp3) is 0.875. The molecule has 1 aliphatic rings. The van der Waals surface area contributed by atoms with E-state index in [2.05, 4.69) is 42.5 Å². The van der Waals surface area contributed by atoms with Crippen molar-refractivity contribution in [3.05, 3.63) is 12.4 Å². The van der Waals surface area contributed by atoms with Crippen LogP contribution in [0.5, 0.6) is 0 Å². The van der Waals surface area contributed by atoms with E-state index >= 15 is 0 Å². The van der Waals surface area contributed by atoms with E-state index in [1.807, 2.05) is 0 Å². The van der Waals surface area contributed by atoms with E-state index in [4.69, 9.17) is 5.73 Å². The lowest BCUT2D eigenvalue weighted by molar-refractivity contribution is 0.131. The van der Waals surface area contributed by atoms with Crippen molar-refractivity contribution >= 4 is 0 Å². The highest BCUT2D eigenvalue weighted by atomic mass is 15.3. The molecule has 1 aliphatic heterocycles. The fourth-order valence-corrected chi connectivity index (χ4v) is 2.60. The number of piperazine rings is 1. The van der Waals surface area contributed by atoms with Gasteiger partial charge in [-0.25, -0.2) is 0 Å². The first-order chi connectivity index (χ1) is 9.37. The summed E-state index contributed by atoms with van der Waals surface area (Å²) in [5.41, 5.74) is 5.98. The standard InChI is InChI=1S/C16H34N4/c1-15(17)18-8-10-20-13-11-19(12-14-20)9-6-5-7-16(2,3)4/h18H,1,5-14,17H2,2-4H3. The van der Waals surface area contributed by atoms with Gasteiger partial charge in [0, 0.05) is 39.3 Å². The third-order valence-electron chi connectivity index (χ3n) is 3.90. The summed E-state index contributed by atoms with van der Waals surface area (Å²) in [5, 5.41) is 3.09. The summed E-state index contributed by atoms with van der Waals surface area (Å²) in [6, 6.07) is 0. The second-order valence-corrected chi connectivity index (χ2v) is 7.15. The van der Waals surface area contributed by atoms with Crippen molar-refractivity contribution in [3.8, 4) is 0 Å². The molecule has 0 aliphatic carbocycles. The van der Waals surface area contributed by atoms with E-state index in [-0.39, 0.29) is 0 Å². The van der Waals surface area contributed by atoms with Gasteiger partial charge in [0.1, 0.15) is 0 Å². The van der Waals surface area contributed by atoms with Crippen LogP contribution in [0, 0.1) is 5.41 Å². The maximum Gasteiger partial charge on any atom is 0.0886 e. The molecule has 0 aromatic heterocycles. The molecule has 0 aromatic rings. The Labute approximate surface area is 125 Å². The van der Waals surface area contributed by atoms with E-state index < -0.39 is 0 Å². The van der Waals surface area contributed by atoms with Crippen LogP contribution >= 0.6 is 0 Å². The Kier molecular flexibility index (Phi) is 7.38. The van der Waals surface area contributed by atoms with Crippen molar-refractivity contribution in [1.29, 1.82) is 0 Å². The van der Waals surface area contributed by atoms with Gasteiger partial charge in [-0.2, -0.15) is 0 Å². The summed E-state index contributed by atoms with van der Waals surface area (Å²) in [5.74, 6) is 0.572. The van der Waals surface area contributed by atoms with Crippen molar-refractivity contribution < 1.29 is 0 Å². The van der Waals surface area contributed by atoms with Gasteiger partial charge >= 0.3 is 0 Å². The predicted molar refractivity (Wildman–Crippen MR) is 87.5 cm³/mol. The molecule has 0 spiro atoms. The van der Waals surface area contributed by atoms with Crippen LogP contribution in [0.25, 0.3) is 0 Å². The maximum absolute atomic E-state index is 5.50. The molecule has 1 rings (SSSR count). The first kappa shape index (κ1) is 17.3. The molecule has 4 heteroatoms. The first-order valence-electron chi connectivity index (χ1n) is 8.00. The quantitative estimate of drug-likeness (QED) is 0.667. The van der Waals surface area contributed by atoms with Crippen LogP contribution in [0.15, 0.2) is 12.4 Å². The molecular formula is C16H34N4. The van der Waals surface area contributed by atoms with Crippen LogP contribution in [0.1, 0.15) is 40.0 Å². The fourth-order valence-electron chi connectivity index (χ4n) is 2.60. The molecule has 0 atom stereocenters. The van der Waals surface area contributed by atoms with Crippen molar-refractivity contribution in [2.24, 2.45) is 11.1 Å². The Morgan fingerprint density at radius 1 is 1.05 bits per heavy atom. The summed E-state index contributed by atoms with van der Waals surface area (Å²) < 4.78 is 0. The minimum atomic E-state index is 0.485. The van der Waals surface area contributed by atoms with Gasteiger partial charge in [-0.15, -0.1) is 0 Å². The third kappa shape index (κ3) is 8.43. The normalized spacial score (nSPS) is 18.1. The van der Waals surface area contributed by atoms with Crippen LogP contribution < -0.4 is 11.1 Å². The molecule has 1 saturated heterocycles. The van der Waals surface area contributed by atoms with Crippen molar-refractivity contribution in [2.45, 2.75) is 40.0 Å². The van der Waals surface area contributed by atoms with Crippen LogP contribution in [0.2, 0.25) is 0 Å². The van der Waals surface area contributed by atoms with Crippen LogP contribution in [0.3, 0.4) is 0 Å². The number of hydrogen-bond acceptors (Lipinski definition) is 4. The van der Waals surface area contributed by atoms with Crippen molar-refractivity contribution in [2.75, 3.05) is 45.8 Å². The Balaban J connectivity index is 2.03. The van der Waals surface area contributed by atoms with Crippen LogP contribution in [-0.4, -0.2) is 55.6 Å². The molecule has 0 aromatic carbocycles. The molecule has 20 heavy (non-hydrogen) atoms.